The van der Waals surface area contributed by atoms with Crippen LogP contribution in [0.3, 0.4) is 0 Å². The number of carbonyl (C=O) groups excluding carboxylic acids is 1. The molecule has 4 aromatic rings. The van der Waals surface area contributed by atoms with E-state index >= 15 is 0 Å². The molecule has 0 saturated carbocycles. The fourth-order valence-corrected chi connectivity index (χ4v) is 3.58. The van der Waals surface area contributed by atoms with E-state index in [4.69, 9.17) is 4.52 Å². The summed E-state index contributed by atoms with van der Waals surface area (Å²) in [6, 6.07) is 11.8. The summed E-state index contributed by atoms with van der Waals surface area (Å²) in [5, 5.41) is 8.49. The lowest BCUT2D eigenvalue weighted by Gasteiger charge is -2.10. The molecule has 5 nitrogen and oxygen atoms in total. The molecule has 1 N–H and O–H groups in total. The van der Waals surface area contributed by atoms with Crippen molar-refractivity contribution in [2.75, 3.05) is 5.32 Å². The minimum Gasteiger partial charge on any atom is -0.360 e. The number of anilines is 1. The van der Waals surface area contributed by atoms with Crippen molar-refractivity contribution >= 4 is 33.3 Å². The van der Waals surface area contributed by atoms with Gasteiger partial charge < -0.3 is 14.4 Å². The van der Waals surface area contributed by atoms with Crippen molar-refractivity contribution in [3.05, 3.63) is 70.7 Å². The Morgan fingerprint density at radius 3 is 2.96 bits per heavy atom. The highest BCUT2D eigenvalue weighted by Crippen LogP contribution is 2.27. The lowest BCUT2D eigenvalue weighted by atomic mass is 10.2. The standard InChI is InChI=1S/C18H14FN3O2S/c1-11-7-17(21-24-11)20-18(23)15-9-16-14(5-6-25-16)22(15)10-12-3-2-4-13(19)8-12/h2-9H,10H2,1H3,(H,20,21,23). The summed E-state index contributed by atoms with van der Waals surface area (Å²) < 4.78 is 21.3. The van der Waals surface area contributed by atoms with Crippen molar-refractivity contribution in [1.82, 2.24) is 9.72 Å². The molecule has 4 rings (SSSR count). The number of fused-ring (bicyclic) bond motifs is 1. The Morgan fingerprint density at radius 2 is 2.20 bits per heavy atom. The second-order valence-electron chi connectivity index (χ2n) is 5.69. The summed E-state index contributed by atoms with van der Waals surface area (Å²) in [6.07, 6.45) is 0. The van der Waals surface area contributed by atoms with Crippen molar-refractivity contribution in [3.8, 4) is 0 Å². The summed E-state index contributed by atoms with van der Waals surface area (Å²) in [7, 11) is 0. The lowest BCUT2D eigenvalue weighted by molar-refractivity contribution is 0.101. The number of rotatable bonds is 4. The van der Waals surface area contributed by atoms with Gasteiger partial charge in [-0.3, -0.25) is 4.79 Å². The second-order valence-corrected chi connectivity index (χ2v) is 6.64. The molecule has 0 aliphatic rings. The maximum absolute atomic E-state index is 13.5. The molecule has 126 valence electrons. The quantitative estimate of drug-likeness (QED) is 0.589. The van der Waals surface area contributed by atoms with Crippen LogP contribution in [0.4, 0.5) is 10.2 Å². The highest BCUT2D eigenvalue weighted by molar-refractivity contribution is 7.17. The van der Waals surface area contributed by atoms with Crippen LogP contribution in [0.2, 0.25) is 0 Å². The van der Waals surface area contributed by atoms with Crippen LogP contribution in [0, 0.1) is 12.7 Å². The third kappa shape index (κ3) is 3.06. The van der Waals surface area contributed by atoms with Gasteiger partial charge in [-0.1, -0.05) is 17.3 Å². The third-order valence-electron chi connectivity index (χ3n) is 3.85. The van der Waals surface area contributed by atoms with Crippen molar-refractivity contribution in [3.63, 3.8) is 0 Å². The molecule has 0 saturated heterocycles. The predicted molar refractivity (Wildman–Crippen MR) is 94.5 cm³/mol. The molecule has 0 aliphatic carbocycles. The average molecular weight is 355 g/mol. The number of hydrogen-bond acceptors (Lipinski definition) is 4. The molecule has 7 heteroatoms. The fraction of sp³-hybridized carbons (Fsp3) is 0.111. The first-order valence-electron chi connectivity index (χ1n) is 7.66. The normalized spacial score (nSPS) is 11.1. The van der Waals surface area contributed by atoms with E-state index < -0.39 is 0 Å². The third-order valence-corrected chi connectivity index (χ3v) is 4.71. The topological polar surface area (TPSA) is 60.1 Å². The van der Waals surface area contributed by atoms with Crippen molar-refractivity contribution < 1.29 is 13.7 Å². The molecule has 3 aromatic heterocycles. The molecule has 0 aliphatic heterocycles. The molecule has 1 aromatic carbocycles. The molecule has 3 heterocycles. The van der Waals surface area contributed by atoms with E-state index in [1.165, 1.54) is 12.1 Å². The molecule has 0 radical (unpaired) electrons. The summed E-state index contributed by atoms with van der Waals surface area (Å²) in [6.45, 7) is 2.16. The molecule has 0 unspecified atom stereocenters. The Morgan fingerprint density at radius 1 is 1.32 bits per heavy atom. The van der Waals surface area contributed by atoms with Gasteiger partial charge in [-0.25, -0.2) is 4.39 Å². The van der Waals surface area contributed by atoms with E-state index in [0.29, 0.717) is 23.8 Å². The zero-order valence-electron chi connectivity index (χ0n) is 13.3. The van der Waals surface area contributed by atoms with Crippen molar-refractivity contribution in [2.45, 2.75) is 13.5 Å². The molecular weight excluding hydrogens is 341 g/mol. The minimum absolute atomic E-state index is 0.284. The van der Waals surface area contributed by atoms with Crippen LogP contribution in [-0.2, 0) is 6.54 Å². The predicted octanol–water partition coefficient (Wildman–Crippen LogP) is 4.44. The Kier molecular flexibility index (Phi) is 3.85. The summed E-state index contributed by atoms with van der Waals surface area (Å²) in [5.41, 5.74) is 2.22. The molecule has 0 spiro atoms. The Labute approximate surface area is 146 Å². The van der Waals surface area contributed by atoms with E-state index in [1.807, 2.05) is 28.1 Å². The number of nitrogens with zero attached hydrogens (tertiary/aromatic N) is 2. The van der Waals surface area contributed by atoms with Gasteiger partial charge in [0, 0.05) is 12.6 Å². The van der Waals surface area contributed by atoms with E-state index in [-0.39, 0.29) is 11.7 Å². The Balaban J connectivity index is 1.70. The maximum Gasteiger partial charge on any atom is 0.273 e. The number of hydrogen-bond donors (Lipinski definition) is 1. The van der Waals surface area contributed by atoms with Gasteiger partial charge >= 0.3 is 0 Å². The van der Waals surface area contributed by atoms with Crippen LogP contribution in [-0.4, -0.2) is 15.6 Å². The number of carbonyl (C=O) groups is 1. The molecule has 0 atom stereocenters. The summed E-state index contributed by atoms with van der Waals surface area (Å²) in [4.78, 5) is 12.7. The number of halogens is 1. The number of thiophene rings is 1. The average Bonchev–Trinajstić information content (AvgIpc) is 3.25. The highest BCUT2D eigenvalue weighted by Gasteiger charge is 2.18. The molecule has 25 heavy (non-hydrogen) atoms. The summed E-state index contributed by atoms with van der Waals surface area (Å²) >= 11 is 1.55. The van der Waals surface area contributed by atoms with Crippen LogP contribution < -0.4 is 5.32 Å². The van der Waals surface area contributed by atoms with E-state index in [2.05, 4.69) is 10.5 Å². The van der Waals surface area contributed by atoms with Crippen LogP contribution in [0.1, 0.15) is 21.8 Å². The maximum atomic E-state index is 13.5. The largest absolute Gasteiger partial charge is 0.360 e. The first-order valence-corrected chi connectivity index (χ1v) is 8.54. The number of benzene rings is 1. The number of nitrogens with one attached hydrogen (secondary N) is 1. The van der Waals surface area contributed by atoms with Crippen LogP contribution in [0.5, 0.6) is 0 Å². The fourth-order valence-electron chi connectivity index (χ4n) is 2.76. The van der Waals surface area contributed by atoms with Gasteiger partial charge in [0.2, 0.25) is 0 Å². The Hall–Kier alpha value is -2.93. The van der Waals surface area contributed by atoms with Gasteiger partial charge in [-0.2, -0.15) is 0 Å². The first-order chi connectivity index (χ1) is 12.1. The first kappa shape index (κ1) is 15.6. The van der Waals surface area contributed by atoms with Gasteiger partial charge in [0.15, 0.2) is 5.82 Å². The second kappa shape index (κ2) is 6.18. The zero-order chi connectivity index (χ0) is 17.4. The smallest absolute Gasteiger partial charge is 0.273 e. The molecule has 1 amide bonds. The van der Waals surface area contributed by atoms with E-state index in [1.54, 1.807) is 30.4 Å². The van der Waals surface area contributed by atoms with Gasteiger partial charge in [-0.15, -0.1) is 11.3 Å². The van der Waals surface area contributed by atoms with Gasteiger partial charge in [0.25, 0.3) is 5.91 Å². The van der Waals surface area contributed by atoms with Crippen LogP contribution in [0.15, 0.2) is 52.4 Å². The van der Waals surface area contributed by atoms with Crippen molar-refractivity contribution in [1.29, 1.82) is 0 Å². The zero-order valence-corrected chi connectivity index (χ0v) is 14.1. The Bertz CT molecular complexity index is 1060. The lowest BCUT2D eigenvalue weighted by Crippen LogP contribution is -2.17. The van der Waals surface area contributed by atoms with Gasteiger partial charge in [0.1, 0.15) is 17.3 Å². The SMILES string of the molecule is Cc1cc(NC(=O)c2cc3sccc3n2Cc2cccc(F)c2)no1. The van der Waals surface area contributed by atoms with Gasteiger partial charge in [-0.05, 0) is 42.1 Å². The number of aryl methyl sites for hydroxylation is 1. The van der Waals surface area contributed by atoms with E-state index in [0.717, 1.165) is 15.8 Å². The molecule has 0 bridgehead atoms. The molecular formula is C18H14FN3O2S. The van der Waals surface area contributed by atoms with E-state index in [9.17, 15) is 9.18 Å². The minimum atomic E-state index is -0.296. The summed E-state index contributed by atoms with van der Waals surface area (Å²) in [5.74, 6) is 0.402. The number of amides is 1. The molecule has 0 fully saturated rings. The number of aromatic nitrogens is 2. The van der Waals surface area contributed by atoms with Crippen LogP contribution in [0.25, 0.3) is 10.2 Å². The monoisotopic (exact) mass is 355 g/mol. The van der Waals surface area contributed by atoms with Crippen molar-refractivity contribution in [2.24, 2.45) is 0 Å². The van der Waals surface area contributed by atoms with Gasteiger partial charge in [0.05, 0.1) is 10.2 Å². The van der Waals surface area contributed by atoms with Crippen LogP contribution >= 0.6 is 11.3 Å². The highest BCUT2D eigenvalue weighted by atomic mass is 32.1.